The van der Waals surface area contributed by atoms with Crippen LogP contribution in [0.2, 0.25) is 0 Å². The minimum Gasteiger partial charge on any atom is -0.494 e. The number of aromatic nitrogens is 1. The molecule has 2 aromatic rings. The van der Waals surface area contributed by atoms with Crippen LogP contribution in [0.25, 0.3) is 10.6 Å². The Balaban J connectivity index is 0.00000364. The van der Waals surface area contributed by atoms with Crippen LogP contribution in [0.3, 0.4) is 0 Å². The molecule has 2 N–H and O–H groups in total. The summed E-state index contributed by atoms with van der Waals surface area (Å²) in [6.45, 7) is 7.49. The predicted octanol–water partition coefficient (Wildman–Crippen LogP) is 4.43. The summed E-state index contributed by atoms with van der Waals surface area (Å²) in [5.74, 6) is 1.35. The molecule has 8 heteroatoms. The summed E-state index contributed by atoms with van der Waals surface area (Å²) in [5, 5.41) is 2.87. The van der Waals surface area contributed by atoms with Crippen molar-refractivity contribution >= 4 is 42.1 Å². The Hall–Kier alpha value is -1.34. The minimum absolute atomic E-state index is 0. The topological polar surface area (TPSA) is 68.5 Å². The fourth-order valence-electron chi connectivity index (χ4n) is 2.47. The molecule has 28 heavy (non-hydrogen) atoms. The molecule has 1 heterocycles. The van der Waals surface area contributed by atoms with Crippen LogP contribution in [0.15, 0.2) is 29.6 Å². The van der Waals surface area contributed by atoms with Gasteiger partial charge in [-0.15, -0.1) is 36.2 Å². The quantitative estimate of drug-likeness (QED) is 0.617. The fraction of sp³-hybridized carbons (Fsp3) is 0.500. The zero-order valence-electron chi connectivity index (χ0n) is 16.9. The number of benzene rings is 1. The average molecular weight is 448 g/mol. The van der Waals surface area contributed by atoms with E-state index in [-0.39, 0.29) is 36.8 Å². The van der Waals surface area contributed by atoms with Gasteiger partial charge in [0.25, 0.3) is 0 Å². The number of ether oxygens (including phenoxy) is 1. The second kappa shape index (κ2) is 13.0. The van der Waals surface area contributed by atoms with E-state index in [1.54, 1.807) is 16.2 Å². The van der Waals surface area contributed by atoms with Gasteiger partial charge >= 0.3 is 0 Å². The van der Waals surface area contributed by atoms with Crippen LogP contribution in [0.5, 0.6) is 5.75 Å². The maximum atomic E-state index is 12.4. The first-order valence-corrected chi connectivity index (χ1v) is 9.95. The lowest BCUT2D eigenvalue weighted by Gasteiger charge is -2.21. The molecule has 0 aliphatic carbocycles. The standard InChI is InChI=1S/C20H29N3O2S.2ClH/c1-5-25-17-8-6-15(7-9-17)20-22-16(13-26-20)12-19(24)23(4)11-10-18(21)14(2)3;;/h6-9,13-14,18H,5,10-12,21H2,1-4H3;2*1H. The molecule has 158 valence electrons. The third-order valence-electron chi connectivity index (χ3n) is 4.38. The van der Waals surface area contributed by atoms with Gasteiger partial charge in [-0.1, -0.05) is 13.8 Å². The number of halogens is 2. The number of nitrogens with zero attached hydrogens (tertiary/aromatic N) is 2. The summed E-state index contributed by atoms with van der Waals surface area (Å²) in [4.78, 5) is 18.7. The minimum atomic E-state index is 0. The van der Waals surface area contributed by atoms with Gasteiger partial charge in [0.05, 0.1) is 18.7 Å². The van der Waals surface area contributed by atoms with E-state index < -0.39 is 0 Å². The highest BCUT2D eigenvalue weighted by atomic mass is 35.5. The molecule has 0 fully saturated rings. The number of hydrogen-bond donors (Lipinski definition) is 1. The summed E-state index contributed by atoms with van der Waals surface area (Å²) >= 11 is 1.56. The van der Waals surface area contributed by atoms with Gasteiger partial charge in [0, 0.05) is 30.6 Å². The normalized spacial score (nSPS) is 11.4. The molecule has 0 aliphatic heterocycles. The van der Waals surface area contributed by atoms with Crippen molar-refractivity contribution in [3.63, 3.8) is 0 Å². The second-order valence-electron chi connectivity index (χ2n) is 6.79. The predicted molar refractivity (Wildman–Crippen MR) is 122 cm³/mol. The van der Waals surface area contributed by atoms with E-state index >= 15 is 0 Å². The van der Waals surface area contributed by atoms with Gasteiger partial charge in [-0.3, -0.25) is 4.79 Å². The molecule has 0 aliphatic rings. The molecule has 1 amide bonds. The van der Waals surface area contributed by atoms with Crippen LogP contribution >= 0.6 is 36.2 Å². The van der Waals surface area contributed by atoms with E-state index in [1.165, 1.54) is 0 Å². The number of thiazole rings is 1. The van der Waals surface area contributed by atoms with Gasteiger partial charge < -0.3 is 15.4 Å². The maximum Gasteiger partial charge on any atom is 0.228 e. The lowest BCUT2D eigenvalue weighted by atomic mass is 10.0. The third-order valence-corrected chi connectivity index (χ3v) is 5.32. The lowest BCUT2D eigenvalue weighted by molar-refractivity contribution is -0.129. The van der Waals surface area contributed by atoms with Crippen LogP contribution in [0.4, 0.5) is 0 Å². The molecule has 0 radical (unpaired) electrons. The van der Waals surface area contributed by atoms with E-state index in [9.17, 15) is 4.79 Å². The Bertz CT molecular complexity index is 708. The van der Waals surface area contributed by atoms with Gasteiger partial charge in [-0.05, 0) is 43.5 Å². The molecule has 0 saturated carbocycles. The van der Waals surface area contributed by atoms with Gasteiger partial charge in [0.2, 0.25) is 5.91 Å². The molecule has 5 nitrogen and oxygen atoms in total. The zero-order chi connectivity index (χ0) is 19.1. The summed E-state index contributed by atoms with van der Waals surface area (Å²) in [6, 6.07) is 7.99. The van der Waals surface area contributed by atoms with E-state index in [4.69, 9.17) is 10.5 Å². The summed E-state index contributed by atoms with van der Waals surface area (Å²) in [6.07, 6.45) is 1.13. The number of nitrogens with two attached hydrogens (primary N) is 1. The van der Waals surface area contributed by atoms with Crippen molar-refractivity contribution in [3.8, 4) is 16.3 Å². The Morgan fingerprint density at radius 2 is 1.89 bits per heavy atom. The molecular weight excluding hydrogens is 417 g/mol. The molecule has 0 saturated heterocycles. The first kappa shape index (κ1) is 26.7. The van der Waals surface area contributed by atoms with Crippen LogP contribution in [-0.2, 0) is 11.2 Å². The van der Waals surface area contributed by atoms with Crippen molar-refractivity contribution in [2.45, 2.75) is 39.7 Å². The summed E-state index contributed by atoms with van der Waals surface area (Å²) in [5.41, 5.74) is 7.90. The largest absolute Gasteiger partial charge is 0.494 e. The van der Waals surface area contributed by atoms with Crippen molar-refractivity contribution in [2.75, 3.05) is 20.2 Å². The van der Waals surface area contributed by atoms with Gasteiger partial charge in [-0.2, -0.15) is 0 Å². The molecule has 1 aromatic heterocycles. The number of amides is 1. The molecule has 1 aromatic carbocycles. The summed E-state index contributed by atoms with van der Waals surface area (Å²) < 4.78 is 5.46. The van der Waals surface area contributed by atoms with Crippen LogP contribution < -0.4 is 10.5 Å². The third kappa shape index (κ3) is 7.95. The average Bonchev–Trinajstić information content (AvgIpc) is 3.08. The van der Waals surface area contributed by atoms with Gasteiger partial charge in [-0.25, -0.2) is 4.98 Å². The number of carbonyl (C=O) groups excluding carboxylic acids is 1. The van der Waals surface area contributed by atoms with Gasteiger partial charge in [0.1, 0.15) is 10.8 Å². The second-order valence-corrected chi connectivity index (χ2v) is 7.65. The smallest absolute Gasteiger partial charge is 0.228 e. The fourth-order valence-corrected chi connectivity index (χ4v) is 3.30. The van der Waals surface area contributed by atoms with Crippen LogP contribution in [-0.4, -0.2) is 42.0 Å². The van der Waals surface area contributed by atoms with E-state index in [0.717, 1.165) is 28.4 Å². The monoisotopic (exact) mass is 447 g/mol. The highest BCUT2D eigenvalue weighted by molar-refractivity contribution is 7.13. The van der Waals surface area contributed by atoms with Crippen LogP contribution in [0, 0.1) is 5.92 Å². The summed E-state index contributed by atoms with van der Waals surface area (Å²) in [7, 11) is 1.83. The van der Waals surface area contributed by atoms with Crippen molar-refractivity contribution in [1.29, 1.82) is 0 Å². The number of likely N-dealkylation sites (N-methyl/N-ethyl adjacent to an activating group) is 1. The van der Waals surface area contributed by atoms with E-state index in [1.807, 2.05) is 43.6 Å². The SMILES string of the molecule is CCOc1ccc(-c2nc(CC(=O)N(C)CCC(N)C(C)C)cs2)cc1.Cl.Cl. The van der Waals surface area contributed by atoms with Crippen LogP contribution in [0.1, 0.15) is 32.9 Å². The molecule has 2 rings (SSSR count). The van der Waals surface area contributed by atoms with Crippen molar-refractivity contribution in [3.05, 3.63) is 35.3 Å². The zero-order valence-corrected chi connectivity index (χ0v) is 19.3. The highest BCUT2D eigenvalue weighted by Crippen LogP contribution is 2.26. The van der Waals surface area contributed by atoms with Crippen molar-refractivity contribution < 1.29 is 9.53 Å². The maximum absolute atomic E-state index is 12.4. The Morgan fingerprint density at radius 3 is 2.46 bits per heavy atom. The van der Waals surface area contributed by atoms with Crippen molar-refractivity contribution in [1.82, 2.24) is 9.88 Å². The van der Waals surface area contributed by atoms with E-state index in [0.29, 0.717) is 25.5 Å². The van der Waals surface area contributed by atoms with Gasteiger partial charge in [0.15, 0.2) is 0 Å². The molecular formula is C20H31Cl2N3O2S. The van der Waals surface area contributed by atoms with E-state index in [2.05, 4.69) is 18.8 Å². The first-order valence-electron chi connectivity index (χ1n) is 9.07. The Morgan fingerprint density at radius 1 is 1.25 bits per heavy atom. The Kier molecular flexibility index (Phi) is 12.4. The number of rotatable bonds is 9. The molecule has 0 spiro atoms. The first-order chi connectivity index (χ1) is 12.4. The molecule has 1 unspecified atom stereocenters. The lowest BCUT2D eigenvalue weighted by Crippen LogP contribution is -2.35. The molecule has 0 bridgehead atoms. The highest BCUT2D eigenvalue weighted by Gasteiger charge is 2.15. The number of carbonyl (C=O) groups is 1. The Labute approximate surface area is 184 Å². The molecule has 1 atom stereocenters. The number of hydrogen-bond acceptors (Lipinski definition) is 5. The van der Waals surface area contributed by atoms with Crippen molar-refractivity contribution in [2.24, 2.45) is 11.7 Å².